The molecule has 1 aromatic heterocycles. The van der Waals surface area contributed by atoms with Gasteiger partial charge < -0.3 is 14.6 Å². The Kier molecular flexibility index (Phi) is 4.58. The number of ether oxygens (including phenoxy) is 1. The highest BCUT2D eigenvalue weighted by atomic mass is 16.5. The molecular formula is C14H23N3O2. The summed E-state index contributed by atoms with van der Waals surface area (Å²) in [5.74, 6) is 0.0424. The van der Waals surface area contributed by atoms with Crippen molar-refractivity contribution in [3.63, 3.8) is 0 Å². The number of imidazole rings is 1. The second-order valence-corrected chi connectivity index (χ2v) is 5.39. The van der Waals surface area contributed by atoms with E-state index in [9.17, 15) is 4.79 Å². The largest absolute Gasteiger partial charge is 0.381 e. The lowest BCUT2D eigenvalue weighted by molar-refractivity contribution is -0.125. The molecule has 0 radical (unpaired) electrons. The third kappa shape index (κ3) is 3.35. The van der Waals surface area contributed by atoms with E-state index in [1.807, 2.05) is 24.6 Å². The molecule has 19 heavy (non-hydrogen) atoms. The normalized spacial score (nSPS) is 18.6. The van der Waals surface area contributed by atoms with Crippen LogP contribution in [0.25, 0.3) is 0 Å². The summed E-state index contributed by atoms with van der Waals surface area (Å²) in [5, 5.41) is 3.05. The molecule has 1 heterocycles. The van der Waals surface area contributed by atoms with E-state index < -0.39 is 0 Å². The van der Waals surface area contributed by atoms with Gasteiger partial charge in [-0.2, -0.15) is 0 Å². The molecule has 0 aliphatic heterocycles. The Morgan fingerprint density at radius 2 is 2.37 bits per heavy atom. The van der Waals surface area contributed by atoms with Crippen LogP contribution in [-0.2, 0) is 9.53 Å². The molecule has 1 amide bonds. The van der Waals surface area contributed by atoms with Crippen LogP contribution in [0.4, 0.5) is 0 Å². The summed E-state index contributed by atoms with van der Waals surface area (Å²) < 4.78 is 7.35. The van der Waals surface area contributed by atoms with Gasteiger partial charge in [-0.05, 0) is 26.7 Å². The molecule has 0 saturated heterocycles. The minimum atomic E-state index is -0.216. The van der Waals surface area contributed by atoms with Crippen LogP contribution < -0.4 is 5.32 Å². The van der Waals surface area contributed by atoms with Gasteiger partial charge in [-0.15, -0.1) is 0 Å². The van der Waals surface area contributed by atoms with Crippen molar-refractivity contribution in [1.82, 2.24) is 14.9 Å². The van der Waals surface area contributed by atoms with Gasteiger partial charge >= 0.3 is 0 Å². The Balaban J connectivity index is 1.82. The zero-order valence-electron chi connectivity index (χ0n) is 11.8. The van der Waals surface area contributed by atoms with Crippen LogP contribution in [0.15, 0.2) is 18.7 Å². The molecule has 1 aliphatic rings. The summed E-state index contributed by atoms with van der Waals surface area (Å²) in [4.78, 5) is 16.1. The van der Waals surface area contributed by atoms with E-state index in [-0.39, 0.29) is 17.4 Å². The molecule has 5 nitrogen and oxygen atoms in total. The van der Waals surface area contributed by atoms with Crippen molar-refractivity contribution >= 4 is 5.91 Å². The quantitative estimate of drug-likeness (QED) is 0.817. The maximum Gasteiger partial charge on any atom is 0.242 e. The van der Waals surface area contributed by atoms with Crippen LogP contribution in [0.3, 0.4) is 0 Å². The molecule has 0 unspecified atom stereocenters. The summed E-state index contributed by atoms with van der Waals surface area (Å²) in [6, 6.07) is -0.216. The highest BCUT2D eigenvalue weighted by Crippen LogP contribution is 2.40. The van der Waals surface area contributed by atoms with Crippen molar-refractivity contribution in [3.8, 4) is 0 Å². The minimum Gasteiger partial charge on any atom is -0.381 e. The van der Waals surface area contributed by atoms with Crippen LogP contribution in [0.1, 0.15) is 39.2 Å². The fraction of sp³-hybridized carbons (Fsp3) is 0.714. The molecule has 1 atom stereocenters. The zero-order chi connectivity index (χ0) is 13.7. The zero-order valence-corrected chi connectivity index (χ0v) is 11.8. The van der Waals surface area contributed by atoms with Crippen LogP contribution in [0.5, 0.6) is 0 Å². The van der Waals surface area contributed by atoms with Gasteiger partial charge in [0.25, 0.3) is 0 Å². The topological polar surface area (TPSA) is 56.1 Å². The van der Waals surface area contributed by atoms with Gasteiger partial charge in [-0.1, -0.05) is 6.42 Å². The Morgan fingerprint density at radius 1 is 1.58 bits per heavy atom. The van der Waals surface area contributed by atoms with E-state index in [4.69, 9.17) is 4.74 Å². The highest BCUT2D eigenvalue weighted by molar-refractivity contribution is 5.79. The van der Waals surface area contributed by atoms with Crippen LogP contribution in [0.2, 0.25) is 0 Å². The van der Waals surface area contributed by atoms with Crippen molar-refractivity contribution in [2.75, 3.05) is 19.8 Å². The molecule has 1 N–H and O–H groups in total. The average molecular weight is 265 g/mol. The summed E-state index contributed by atoms with van der Waals surface area (Å²) in [7, 11) is 0. The summed E-state index contributed by atoms with van der Waals surface area (Å²) in [6.45, 7) is 6.09. The third-order valence-electron chi connectivity index (χ3n) is 4.02. The number of aromatic nitrogens is 2. The van der Waals surface area contributed by atoms with Gasteiger partial charge in [0, 0.05) is 31.0 Å². The van der Waals surface area contributed by atoms with E-state index in [1.54, 1.807) is 12.5 Å². The maximum absolute atomic E-state index is 12.1. The van der Waals surface area contributed by atoms with E-state index in [0.717, 1.165) is 26.1 Å². The van der Waals surface area contributed by atoms with Gasteiger partial charge in [-0.3, -0.25) is 4.79 Å². The van der Waals surface area contributed by atoms with Crippen LogP contribution in [0, 0.1) is 5.41 Å². The van der Waals surface area contributed by atoms with Gasteiger partial charge in [0.2, 0.25) is 5.91 Å². The molecule has 106 valence electrons. The predicted molar refractivity (Wildman–Crippen MR) is 72.7 cm³/mol. The number of carbonyl (C=O) groups is 1. The highest BCUT2D eigenvalue weighted by Gasteiger charge is 2.37. The van der Waals surface area contributed by atoms with Crippen molar-refractivity contribution in [2.45, 2.75) is 39.2 Å². The van der Waals surface area contributed by atoms with Crippen molar-refractivity contribution in [3.05, 3.63) is 18.7 Å². The van der Waals surface area contributed by atoms with E-state index in [1.165, 1.54) is 6.42 Å². The van der Waals surface area contributed by atoms with E-state index >= 15 is 0 Å². The molecule has 1 fully saturated rings. The first-order chi connectivity index (χ1) is 9.17. The van der Waals surface area contributed by atoms with Crippen molar-refractivity contribution in [2.24, 2.45) is 5.41 Å². The van der Waals surface area contributed by atoms with Crippen LogP contribution >= 0.6 is 0 Å². The lowest BCUT2D eigenvalue weighted by Gasteiger charge is -2.41. The van der Waals surface area contributed by atoms with E-state index in [2.05, 4.69) is 10.3 Å². The molecular weight excluding hydrogens is 242 g/mol. The molecule has 0 spiro atoms. The first-order valence-electron chi connectivity index (χ1n) is 7.00. The van der Waals surface area contributed by atoms with E-state index in [0.29, 0.717) is 6.54 Å². The standard InChI is InChI=1S/C14H23N3O2/c1-3-19-10-14(5-4-6-14)9-16-13(18)12(2)17-8-7-15-11-17/h7-8,11-12H,3-6,9-10H2,1-2H3,(H,16,18)/t12-/m1/s1. The fourth-order valence-electron chi connectivity index (χ4n) is 2.42. The predicted octanol–water partition coefficient (Wildman–Crippen LogP) is 1.77. The first kappa shape index (κ1) is 14.1. The molecule has 2 rings (SSSR count). The summed E-state index contributed by atoms with van der Waals surface area (Å²) in [5.41, 5.74) is 0.167. The number of nitrogens with zero attached hydrogens (tertiary/aromatic N) is 2. The molecule has 1 aliphatic carbocycles. The number of hydrogen-bond donors (Lipinski definition) is 1. The molecule has 0 aromatic carbocycles. The number of amides is 1. The average Bonchev–Trinajstić information content (AvgIpc) is 2.89. The Hall–Kier alpha value is -1.36. The van der Waals surface area contributed by atoms with Gasteiger partial charge in [0.15, 0.2) is 0 Å². The Labute approximate surface area is 114 Å². The van der Waals surface area contributed by atoms with Crippen LogP contribution in [-0.4, -0.2) is 35.2 Å². The number of rotatable bonds is 7. The van der Waals surface area contributed by atoms with Gasteiger partial charge in [0.1, 0.15) is 6.04 Å². The number of hydrogen-bond acceptors (Lipinski definition) is 3. The minimum absolute atomic E-state index is 0.0424. The fourth-order valence-corrected chi connectivity index (χ4v) is 2.42. The maximum atomic E-state index is 12.1. The second-order valence-electron chi connectivity index (χ2n) is 5.39. The monoisotopic (exact) mass is 265 g/mol. The summed E-state index contributed by atoms with van der Waals surface area (Å²) in [6.07, 6.45) is 8.69. The van der Waals surface area contributed by atoms with Crippen molar-refractivity contribution < 1.29 is 9.53 Å². The van der Waals surface area contributed by atoms with Crippen molar-refractivity contribution in [1.29, 1.82) is 0 Å². The number of carbonyl (C=O) groups excluding carboxylic acids is 1. The lowest BCUT2D eigenvalue weighted by atomic mass is 9.69. The smallest absolute Gasteiger partial charge is 0.242 e. The Bertz CT molecular complexity index is 399. The SMILES string of the molecule is CCOCC1(CNC(=O)[C@@H](C)n2ccnc2)CCC1. The molecule has 0 bridgehead atoms. The summed E-state index contributed by atoms with van der Waals surface area (Å²) >= 11 is 0. The second kappa shape index (κ2) is 6.19. The number of nitrogens with one attached hydrogen (secondary N) is 1. The molecule has 1 saturated carbocycles. The molecule has 5 heteroatoms. The first-order valence-corrected chi connectivity index (χ1v) is 7.00. The lowest BCUT2D eigenvalue weighted by Crippen LogP contribution is -2.46. The molecule has 1 aromatic rings. The third-order valence-corrected chi connectivity index (χ3v) is 4.02. The van der Waals surface area contributed by atoms with Gasteiger partial charge in [-0.25, -0.2) is 4.98 Å². The van der Waals surface area contributed by atoms with Gasteiger partial charge in [0.05, 0.1) is 12.9 Å². The Morgan fingerprint density at radius 3 is 2.89 bits per heavy atom.